The second-order valence-corrected chi connectivity index (χ2v) is 8.94. The molecule has 0 aromatic heterocycles. The smallest absolute Gasteiger partial charge is 0.266 e. The van der Waals surface area contributed by atoms with Gasteiger partial charge in [-0.1, -0.05) is 35.4 Å². The predicted molar refractivity (Wildman–Crippen MR) is 102 cm³/mol. The lowest BCUT2D eigenvalue weighted by atomic mass is 10.2. The Morgan fingerprint density at radius 3 is 1.33 bits per heavy atom. The molecular weight excluding hydrogens is 388 g/mol. The van der Waals surface area contributed by atoms with Gasteiger partial charge in [-0.05, 0) is 57.4 Å². The van der Waals surface area contributed by atoms with Crippen molar-refractivity contribution in [2.75, 3.05) is 13.1 Å². The Bertz CT molecular complexity index is 1010. The SMILES string of the molecule is [2H]C([2H])(CCCC([2H])([2H])OS(=O)(=O)c1ccc(C)cc1)OS(=O)(=O)c1ccc(C)cc1. The Balaban J connectivity index is 1.97. The average molecular weight is 417 g/mol. The van der Waals surface area contributed by atoms with E-state index in [1.54, 1.807) is 38.1 Å². The van der Waals surface area contributed by atoms with Crippen LogP contribution in [-0.4, -0.2) is 30.0 Å². The van der Waals surface area contributed by atoms with Crippen LogP contribution >= 0.6 is 0 Å². The summed E-state index contributed by atoms with van der Waals surface area (Å²) < 4.78 is 89.5. The molecule has 0 bridgehead atoms. The van der Waals surface area contributed by atoms with Gasteiger partial charge in [0, 0.05) is 0 Å². The normalized spacial score (nSPS) is 15.5. The highest BCUT2D eigenvalue weighted by Crippen LogP contribution is 2.15. The molecule has 0 aliphatic rings. The molecule has 0 radical (unpaired) electrons. The lowest BCUT2D eigenvalue weighted by Crippen LogP contribution is -2.09. The molecule has 0 heterocycles. The highest BCUT2D eigenvalue weighted by atomic mass is 32.2. The van der Waals surface area contributed by atoms with E-state index in [1.165, 1.54) is 24.3 Å². The average Bonchev–Trinajstić information content (AvgIpc) is 2.60. The van der Waals surface area contributed by atoms with Crippen LogP contribution in [0.5, 0.6) is 0 Å². The third-order valence-electron chi connectivity index (χ3n) is 3.51. The Kier molecular flexibility index (Phi) is 5.69. The summed E-state index contributed by atoms with van der Waals surface area (Å²) in [5, 5.41) is 0. The fraction of sp³-hybridized carbons (Fsp3) is 0.368. The van der Waals surface area contributed by atoms with Crippen molar-refractivity contribution < 1.29 is 30.7 Å². The molecule has 0 unspecified atom stereocenters. The standard InChI is InChI=1S/C19H24O6S2/c1-16-6-10-18(11-7-16)26(20,21)24-14-4-3-5-15-25-27(22,23)19-12-8-17(2)9-13-19/h6-13H,3-5,14-15H2,1-2H3/i14D2,15D2. The fourth-order valence-electron chi connectivity index (χ4n) is 1.98. The molecule has 0 fully saturated rings. The molecule has 2 aromatic carbocycles. The van der Waals surface area contributed by atoms with Crippen LogP contribution in [0.3, 0.4) is 0 Å². The molecular formula is C19H24O6S2. The zero-order valence-electron chi connectivity index (χ0n) is 19.0. The summed E-state index contributed by atoms with van der Waals surface area (Å²) in [6.45, 7) is -1.69. The Morgan fingerprint density at radius 1 is 0.667 bits per heavy atom. The minimum absolute atomic E-state index is 0.204. The van der Waals surface area contributed by atoms with Gasteiger partial charge in [0.05, 0.1) is 28.4 Å². The minimum Gasteiger partial charge on any atom is -0.266 e. The first-order valence-corrected chi connectivity index (χ1v) is 11.0. The summed E-state index contributed by atoms with van der Waals surface area (Å²) in [5.41, 5.74) is 1.65. The molecule has 2 rings (SSSR count). The van der Waals surface area contributed by atoms with E-state index in [1.807, 2.05) is 0 Å². The molecule has 0 aliphatic heterocycles. The largest absolute Gasteiger partial charge is 0.296 e. The Hall–Kier alpha value is -1.74. The molecule has 0 atom stereocenters. The molecule has 0 saturated heterocycles. The molecule has 0 N–H and O–H groups in total. The third-order valence-corrected chi connectivity index (χ3v) is 5.89. The Morgan fingerprint density at radius 2 is 1.00 bits per heavy atom. The number of aryl methyl sites for hydroxylation is 2. The van der Waals surface area contributed by atoms with E-state index >= 15 is 0 Å². The van der Waals surface area contributed by atoms with E-state index in [0.717, 1.165) is 11.1 Å². The quantitative estimate of drug-likeness (QED) is 0.550. The summed E-state index contributed by atoms with van der Waals surface area (Å²) in [4.78, 5) is -0.408. The molecule has 0 saturated carbocycles. The van der Waals surface area contributed by atoms with Crippen molar-refractivity contribution in [3.8, 4) is 0 Å². The van der Waals surface area contributed by atoms with Gasteiger partial charge in [0.1, 0.15) is 0 Å². The van der Waals surface area contributed by atoms with Gasteiger partial charge in [-0.2, -0.15) is 16.8 Å². The van der Waals surface area contributed by atoms with Crippen LogP contribution in [0.15, 0.2) is 58.3 Å². The van der Waals surface area contributed by atoms with E-state index in [-0.39, 0.29) is 16.2 Å². The van der Waals surface area contributed by atoms with Gasteiger partial charge in [-0.3, -0.25) is 8.37 Å². The monoisotopic (exact) mass is 416 g/mol. The van der Waals surface area contributed by atoms with Crippen molar-refractivity contribution in [3.63, 3.8) is 0 Å². The van der Waals surface area contributed by atoms with Crippen LogP contribution in [0.4, 0.5) is 0 Å². The Labute approximate surface area is 167 Å². The van der Waals surface area contributed by atoms with Gasteiger partial charge in [0.2, 0.25) is 0 Å². The number of rotatable bonds is 10. The molecule has 27 heavy (non-hydrogen) atoms. The first kappa shape index (κ1) is 16.2. The van der Waals surface area contributed by atoms with Gasteiger partial charge in [0.15, 0.2) is 0 Å². The zero-order chi connectivity index (χ0) is 23.5. The van der Waals surface area contributed by atoms with Crippen LogP contribution in [0, 0.1) is 13.8 Å². The first-order valence-electron chi connectivity index (χ1n) is 10.2. The van der Waals surface area contributed by atoms with Gasteiger partial charge < -0.3 is 0 Å². The van der Waals surface area contributed by atoms with E-state index < -0.39 is 46.2 Å². The van der Waals surface area contributed by atoms with E-state index in [4.69, 9.17) is 5.48 Å². The summed E-state index contributed by atoms with van der Waals surface area (Å²) in [5.74, 6) is 0. The van der Waals surface area contributed by atoms with Crippen LogP contribution in [0.25, 0.3) is 0 Å². The summed E-state index contributed by atoms with van der Waals surface area (Å²) in [7, 11) is -8.73. The third kappa shape index (κ3) is 6.73. The van der Waals surface area contributed by atoms with Crippen LogP contribution in [0.1, 0.15) is 35.9 Å². The molecule has 0 spiro atoms. The first-order chi connectivity index (χ1) is 14.1. The second kappa shape index (κ2) is 9.45. The highest BCUT2D eigenvalue weighted by molar-refractivity contribution is 7.87. The predicted octanol–water partition coefficient (Wildman–Crippen LogP) is 3.58. The molecule has 0 aliphatic carbocycles. The molecule has 6 nitrogen and oxygen atoms in total. The lowest BCUT2D eigenvalue weighted by Gasteiger charge is -2.07. The van der Waals surface area contributed by atoms with Crippen molar-refractivity contribution in [1.29, 1.82) is 0 Å². The summed E-state index contributed by atoms with van der Waals surface area (Å²) in [6, 6.07) is 11.4. The van der Waals surface area contributed by atoms with Gasteiger partial charge in [-0.15, -0.1) is 0 Å². The van der Waals surface area contributed by atoms with Crippen molar-refractivity contribution in [2.24, 2.45) is 0 Å². The maximum atomic E-state index is 12.2. The van der Waals surface area contributed by atoms with Gasteiger partial charge in [-0.25, -0.2) is 0 Å². The highest BCUT2D eigenvalue weighted by Gasteiger charge is 2.15. The van der Waals surface area contributed by atoms with Crippen molar-refractivity contribution in [2.45, 2.75) is 42.9 Å². The molecule has 2 aromatic rings. The van der Waals surface area contributed by atoms with Crippen LogP contribution < -0.4 is 0 Å². The lowest BCUT2D eigenvalue weighted by molar-refractivity contribution is 0.284. The van der Waals surface area contributed by atoms with E-state index in [2.05, 4.69) is 8.37 Å². The van der Waals surface area contributed by atoms with Crippen LogP contribution in [-0.2, 0) is 28.6 Å². The van der Waals surface area contributed by atoms with Gasteiger partial charge >= 0.3 is 0 Å². The maximum absolute atomic E-state index is 12.2. The fourth-order valence-corrected chi connectivity index (χ4v) is 3.59. The molecule has 148 valence electrons. The van der Waals surface area contributed by atoms with Crippen molar-refractivity contribution in [1.82, 2.24) is 0 Å². The van der Waals surface area contributed by atoms with E-state index in [9.17, 15) is 16.8 Å². The minimum atomic E-state index is -4.36. The van der Waals surface area contributed by atoms with E-state index in [0.29, 0.717) is 0 Å². The topological polar surface area (TPSA) is 86.7 Å². The van der Waals surface area contributed by atoms with Crippen molar-refractivity contribution in [3.05, 3.63) is 59.7 Å². The van der Waals surface area contributed by atoms with Crippen molar-refractivity contribution >= 4 is 20.2 Å². The molecule has 8 heteroatoms. The van der Waals surface area contributed by atoms with Gasteiger partial charge in [0.25, 0.3) is 20.2 Å². The zero-order valence-corrected chi connectivity index (χ0v) is 16.6. The summed E-state index contributed by atoms with van der Waals surface area (Å²) in [6.07, 6.45) is -1.22. The summed E-state index contributed by atoms with van der Waals surface area (Å²) >= 11 is 0. The molecule has 0 amide bonds. The second-order valence-electron chi connectivity index (χ2n) is 5.84. The number of hydrogen-bond acceptors (Lipinski definition) is 6. The van der Waals surface area contributed by atoms with Crippen LogP contribution in [0.2, 0.25) is 0 Å². The number of benzene rings is 2. The number of hydrogen-bond donors (Lipinski definition) is 0. The maximum Gasteiger partial charge on any atom is 0.296 e.